The highest BCUT2D eigenvalue weighted by Crippen LogP contribution is 2.66. The fourth-order valence-electron chi connectivity index (χ4n) is 8.92. The maximum absolute atomic E-state index is 16.5. The van der Waals surface area contributed by atoms with Crippen LogP contribution in [0.3, 0.4) is 0 Å². The normalized spacial score (nSPS) is 25.2. The number of hydrogen-bond donors (Lipinski definition) is 1. The lowest BCUT2D eigenvalue weighted by Crippen LogP contribution is -2.62. The number of carbonyl (C=O) groups is 5. The second-order valence-electron chi connectivity index (χ2n) is 17.1. The summed E-state index contributed by atoms with van der Waals surface area (Å²) in [5.41, 5.74) is -4.77. The van der Waals surface area contributed by atoms with Crippen molar-refractivity contribution in [2.45, 2.75) is 76.2 Å². The summed E-state index contributed by atoms with van der Waals surface area (Å²) in [4.78, 5) is 72.7. The number of rotatable bonds is 14. The Bertz CT molecular complexity index is 2200. The molecule has 2 aromatic carbocycles. The minimum Gasteiger partial charge on any atom is -0.420 e. The van der Waals surface area contributed by atoms with Gasteiger partial charge in [-0.05, 0) is 85.6 Å². The molecule has 328 valence electrons. The van der Waals surface area contributed by atoms with E-state index in [1.807, 2.05) is 13.8 Å². The van der Waals surface area contributed by atoms with Crippen LogP contribution in [-0.4, -0.2) is 113 Å². The van der Waals surface area contributed by atoms with E-state index < -0.39 is 43.4 Å². The number of amides is 4. The largest absolute Gasteiger partial charge is 0.453 e. The zero-order chi connectivity index (χ0) is 43.1. The van der Waals surface area contributed by atoms with E-state index in [-0.39, 0.29) is 63.0 Å². The van der Waals surface area contributed by atoms with Crippen LogP contribution in [0.4, 0.5) is 8.78 Å². The Labute approximate surface area is 361 Å². The van der Waals surface area contributed by atoms with Crippen molar-refractivity contribution in [2.24, 2.45) is 23.7 Å². The number of likely N-dealkylation sites (tertiary alicyclic amines) is 1. The highest BCUT2D eigenvalue weighted by Gasteiger charge is 2.57. The van der Waals surface area contributed by atoms with E-state index in [1.54, 1.807) is 32.9 Å². The Morgan fingerprint density at radius 1 is 0.967 bits per heavy atom. The van der Waals surface area contributed by atoms with E-state index in [9.17, 15) is 28.5 Å². The molecular formula is C43H51F2N4O9PS2. The van der Waals surface area contributed by atoms with Gasteiger partial charge in [0.2, 0.25) is 17.7 Å². The van der Waals surface area contributed by atoms with Crippen molar-refractivity contribution in [1.82, 2.24) is 20.0 Å². The lowest BCUT2D eigenvalue weighted by Gasteiger charge is -2.44. The van der Waals surface area contributed by atoms with Gasteiger partial charge in [0.15, 0.2) is 5.12 Å². The van der Waals surface area contributed by atoms with Crippen LogP contribution in [0.2, 0.25) is 0 Å². The first-order valence-electron chi connectivity index (χ1n) is 21.1. The maximum Gasteiger partial charge on any atom is 0.453 e. The summed E-state index contributed by atoms with van der Waals surface area (Å²) in [6, 6.07) is 11.0. The number of nitrogens with one attached hydrogen (secondary N) is 1. The molecule has 0 bridgehead atoms. The molecule has 4 aliphatic heterocycles. The van der Waals surface area contributed by atoms with Crippen LogP contribution in [0.15, 0.2) is 54.6 Å². The van der Waals surface area contributed by atoms with Crippen molar-refractivity contribution >= 4 is 69.5 Å². The number of para-hydroxylation sites is 1. The highest BCUT2D eigenvalue weighted by atomic mass is 32.2. The highest BCUT2D eigenvalue weighted by molar-refractivity contribution is 8.13. The van der Waals surface area contributed by atoms with E-state index >= 15 is 8.78 Å². The molecule has 1 saturated carbocycles. The van der Waals surface area contributed by atoms with Gasteiger partial charge in [-0.3, -0.25) is 28.5 Å². The van der Waals surface area contributed by atoms with Crippen molar-refractivity contribution in [2.75, 3.05) is 51.8 Å². The molecule has 4 amide bonds. The van der Waals surface area contributed by atoms with Crippen LogP contribution in [-0.2, 0) is 38.7 Å². The summed E-state index contributed by atoms with van der Waals surface area (Å²) >= 11 is 1.99. The molecule has 6 atom stereocenters. The summed E-state index contributed by atoms with van der Waals surface area (Å²) in [5.74, 6) is -0.539. The number of nitrogens with zero attached hydrogens (tertiary/aromatic N) is 3. The molecule has 5 heterocycles. The predicted molar refractivity (Wildman–Crippen MR) is 226 cm³/mol. The predicted octanol–water partition coefficient (Wildman–Crippen LogP) is 6.75. The van der Waals surface area contributed by atoms with Gasteiger partial charge in [-0.25, -0.2) is 4.57 Å². The molecule has 3 aromatic rings. The van der Waals surface area contributed by atoms with Crippen LogP contribution < -0.4 is 9.84 Å². The maximum atomic E-state index is 16.5. The van der Waals surface area contributed by atoms with E-state index in [2.05, 4.69) is 5.32 Å². The van der Waals surface area contributed by atoms with Crippen LogP contribution in [0.5, 0.6) is 5.75 Å². The number of fused-ring (bicyclic) bond motifs is 3. The monoisotopic (exact) mass is 900 g/mol. The Morgan fingerprint density at radius 3 is 2.44 bits per heavy atom. The van der Waals surface area contributed by atoms with Crippen LogP contribution >= 0.6 is 30.7 Å². The summed E-state index contributed by atoms with van der Waals surface area (Å²) in [7, 11) is -5.25. The van der Waals surface area contributed by atoms with Gasteiger partial charge in [-0.1, -0.05) is 49.9 Å². The minimum absolute atomic E-state index is 0.00283. The molecule has 1 aromatic heterocycles. The lowest BCUT2D eigenvalue weighted by molar-refractivity contribution is -0.156. The van der Waals surface area contributed by atoms with Gasteiger partial charge < -0.3 is 29.3 Å². The third-order valence-electron chi connectivity index (χ3n) is 12.3. The van der Waals surface area contributed by atoms with Crippen LogP contribution in [0, 0.1) is 23.7 Å². The first kappa shape index (κ1) is 43.7. The zero-order valence-electron chi connectivity index (χ0n) is 34.2. The van der Waals surface area contributed by atoms with Crippen molar-refractivity contribution in [1.29, 1.82) is 0 Å². The van der Waals surface area contributed by atoms with Gasteiger partial charge >= 0.3 is 13.3 Å². The molecule has 8 rings (SSSR count). The molecule has 5 fully saturated rings. The minimum atomic E-state index is -5.25. The molecule has 5 aliphatic rings. The van der Waals surface area contributed by atoms with Crippen LogP contribution in [0.1, 0.15) is 67.6 Å². The molecule has 1 aliphatic carbocycles. The zero-order valence-corrected chi connectivity index (χ0v) is 36.7. The van der Waals surface area contributed by atoms with Gasteiger partial charge in [0.1, 0.15) is 17.8 Å². The Morgan fingerprint density at radius 2 is 1.70 bits per heavy atom. The summed E-state index contributed by atoms with van der Waals surface area (Å²) in [6.45, 7) is 6.06. The molecule has 18 heteroatoms. The summed E-state index contributed by atoms with van der Waals surface area (Å²) < 4.78 is 63.7. The first-order valence-corrected chi connectivity index (χ1v) is 24.4. The van der Waals surface area contributed by atoms with Gasteiger partial charge in [0.05, 0.1) is 30.6 Å². The van der Waals surface area contributed by atoms with Crippen LogP contribution in [0.25, 0.3) is 10.1 Å². The third-order valence-corrected chi connectivity index (χ3v) is 16.2. The number of halogens is 2. The second kappa shape index (κ2) is 18.1. The van der Waals surface area contributed by atoms with Crippen molar-refractivity contribution in [3.63, 3.8) is 0 Å². The molecule has 0 radical (unpaired) electrons. The molecule has 13 nitrogen and oxygen atoms in total. The lowest BCUT2D eigenvalue weighted by atomic mass is 9.96. The fourth-order valence-corrected chi connectivity index (χ4v) is 12.3. The smallest absolute Gasteiger partial charge is 0.420 e. The Balaban J connectivity index is 0.953. The van der Waals surface area contributed by atoms with Crippen molar-refractivity contribution < 1.29 is 51.1 Å². The van der Waals surface area contributed by atoms with Gasteiger partial charge in [-0.15, -0.1) is 11.3 Å². The van der Waals surface area contributed by atoms with E-state index in [4.69, 9.17) is 13.8 Å². The van der Waals surface area contributed by atoms with Crippen molar-refractivity contribution in [3.05, 3.63) is 65.0 Å². The first-order chi connectivity index (χ1) is 29.2. The SMILES string of the molecule is CC(C)CC(=O)SCCOP(=O)(Oc1ccccc1)C(F)(F)c1ccc2sc(C(=O)NC3C[C@@H]4C[C@@H]4C[C@H]4CC[C@@H](C(=O)N5CC(C(=O)N6CCOCC6)C5)N4C3=O)cc2c1. The summed E-state index contributed by atoms with van der Waals surface area (Å²) in [5, 5.41) is 3.11. The van der Waals surface area contributed by atoms with Gasteiger partial charge in [0.25, 0.3) is 5.91 Å². The van der Waals surface area contributed by atoms with Gasteiger partial charge in [0, 0.05) is 54.7 Å². The molecule has 4 saturated heterocycles. The average molecular weight is 901 g/mol. The molecule has 1 N–H and O–H groups in total. The molecule has 2 unspecified atom stereocenters. The van der Waals surface area contributed by atoms with E-state index in [0.29, 0.717) is 81.1 Å². The summed E-state index contributed by atoms with van der Waals surface area (Å²) in [6.07, 6.45) is 3.69. The number of thiophene rings is 1. The standard InChI is InChI=1S/C43H51F2N4O9PS2/c1-26(2)18-38(50)60-17-16-57-59(55,58-33-6-4-3-5-7-33)43(44,45)31-8-11-36-29(20-31)23-37(61-36)39(51)46-34-22-28-19-27(28)21-32-9-10-35(49(32)41(34)53)42(54)48-24-30(25-48)40(52)47-12-14-56-15-13-47/h3-8,11,20,23,26-28,30,32,34-35H,9-10,12-19,21-22,24-25H2,1-2H3,(H,46,51)/t27-,28+,32-,34?,35+,59?/m1/s1. The molecule has 61 heavy (non-hydrogen) atoms. The number of benzene rings is 2. The van der Waals surface area contributed by atoms with Crippen molar-refractivity contribution in [3.8, 4) is 5.75 Å². The number of thioether (sulfide) groups is 1. The quantitative estimate of drug-likeness (QED) is 0.136. The number of hydrogen-bond acceptors (Lipinski definition) is 11. The number of alkyl halides is 2. The topological polar surface area (TPSA) is 152 Å². The molecular weight excluding hydrogens is 850 g/mol. The fraction of sp³-hybridized carbons (Fsp3) is 0.558. The Kier molecular flexibility index (Phi) is 13.0. The molecule has 0 spiro atoms. The number of morpholine rings is 1. The Hall–Kier alpha value is -3.89. The number of ether oxygens (including phenoxy) is 1. The number of carbonyl (C=O) groups excluding carboxylic acids is 5. The second-order valence-corrected chi connectivity index (χ2v) is 21.3. The average Bonchev–Trinajstić information content (AvgIpc) is 3.57. The van der Waals surface area contributed by atoms with Gasteiger partial charge in [-0.2, -0.15) is 8.78 Å². The van der Waals surface area contributed by atoms with E-state index in [0.717, 1.165) is 48.1 Å². The third kappa shape index (κ3) is 9.41. The van der Waals surface area contributed by atoms with E-state index in [1.165, 1.54) is 24.3 Å².